The van der Waals surface area contributed by atoms with Crippen molar-refractivity contribution in [1.29, 1.82) is 0 Å². The summed E-state index contributed by atoms with van der Waals surface area (Å²) in [6.07, 6.45) is 0. The maximum absolute atomic E-state index is 6.16. The molecule has 1 atom stereocenters. The van der Waals surface area contributed by atoms with E-state index in [-0.39, 0.29) is 23.9 Å². The fourth-order valence-electron chi connectivity index (χ4n) is 1.44. The second-order valence-corrected chi connectivity index (χ2v) is 4.85. The van der Waals surface area contributed by atoms with Crippen LogP contribution in [0.3, 0.4) is 0 Å². The number of benzene rings is 1. The van der Waals surface area contributed by atoms with Crippen LogP contribution in [0.2, 0.25) is 0 Å². The van der Waals surface area contributed by atoms with Gasteiger partial charge in [0, 0.05) is 6.04 Å². The molecule has 0 aromatic heterocycles. The van der Waals surface area contributed by atoms with Crippen LogP contribution < -0.4 is 10.5 Å². The summed E-state index contributed by atoms with van der Waals surface area (Å²) in [7, 11) is 0. The molecule has 0 aliphatic rings. The van der Waals surface area contributed by atoms with Gasteiger partial charge in [0.2, 0.25) is 0 Å². The Kier molecular flexibility index (Phi) is 5.84. The highest BCUT2D eigenvalue weighted by atomic mass is 35.5. The molecule has 0 aliphatic heterocycles. The van der Waals surface area contributed by atoms with E-state index in [2.05, 4.69) is 20.8 Å². The fourth-order valence-corrected chi connectivity index (χ4v) is 1.44. The van der Waals surface area contributed by atoms with Gasteiger partial charge in [-0.05, 0) is 30.0 Å². The van der Waals surface area contributed by atoms with Gasteiger partial charge in [0.15, 0.2) is 0 Å². The highest BCUT2D eigenvalue weighted by Crippen LogP contribution is 2.30. The molecule has 92 valence electrons. The molecule has 1 aromatic rings. The van der Waals surface area contributed by atoms with Gasteiger partial charge < -0.3 is 10.5 Å². The lowest BCUT2D eigenvalue weighted by molar-refractivity contribution is 0.324. The molecule has 3 heteroatoms. The Bertz CT molecular complexity index is 303. The standard InChI is InChI=1S/C13H21NO.ClH/c1-5-15-11-8-6-10(7-9-11)12(14)13(2,3)4;/h6-9,12H,5,14H2,1-4H3;1H/t12-;/m0./s1. The molecule has 0 amide bonds. The number of nitrogens with two attached hydrogens (primary N) is 1. The third-order valence-electron chi connectivity index (χ3n) is 2.48. The predicted molar refractivity (Wildman–Crippen MR) is 71.2 cm³/mol. The molecule has 0 spiro atoms. The Labute approximate surface area is 105 Å². The van der Waals surface area contributed by atoms with Crippen LogP contribution in [0.25, 0.3) is 0 Å². The van der Waals surface area contributed by atoms with Crippen LogP contribution in [0, 0.1) is 5.41 Å². The second kappa shape index (κ2) is 6.12. The van der Waals surface area contributed by atoms with E-state index in [1.54, 1.807) is 0 Å². The van der Waals surface area contributed by atoms with E-state index in [4.69, 9.17) is 10.5 Å². The molecule has 0 bridgehead atoms. The molecular weight excluding hydrogens is 222 g/mol. The summed E-state index contributed by atoms with van der Waals surface area (Å²) < 4.78 is 5.39. The van der Waals surface area contributed by atoms with Crippen molar-refractivity contribution in [2.75, 3.05) is 6.61 Å². The van der Waals surface area contributed by atoms with Crippen molar-refractivity contribution in [3.8, 4) is 5.75 Å². The molecule has 0 fully saturated rings. The monoisotopic (exact) mass is 243 g/mol. The molecule has 0 aliphatic carbocycles. The molecule has 0 radical (unpaired) electrons. The molecule has 0 unspecified atom stereocenters. The Hall–Kier alpha value is -0.730. The fraction of sp³-hybridized carbons (Fsp3) is 0.538. The third-order valence-corrected chi connectivity index (χ3v) is 2.48. The highest BCUT2D eigenvalue weighted by molar-refractivity contribution is 5.85. The first-order valence-electron chi connectivity index (χ1n) is 5.43. The van der Waals surface area contributed by atoms with Crippen molar-refractivity contribution < 1.29 is 4.74 Å². The summed E-state index contributed by atoms with van der Waals surface area (Å²) in [5.74, 6) is 0.905. The minimum Gasteiger partial charge on any atom is -0.494 e. The third kappa shape index (κ3) is 4.03. The Balaban J connectivity index is 0.00000225. The van der Waals surface area contributed by atoms with E-state index < -0.39 is 0 Å². The Morgan fingerprint density at radius 1 is 1.19 bits per heavy atom. The molecule has 0 heterocycles. The zero-order valence-corrected chi connectivity index (χ0v) is 11.3. The molecule has 1 rings (SSSR count). The first kappa shape index (κ1) is 15.3. The largest absolute Gasteiger partial charge is 0.494 e. The van der Waals surface area contributed by atoms with Crippen LogP contribution in [0.5, 0.6) is 5.75 Å². The van der Waals surface area contributed by atoms with Crippen LogP contribution in [0.4, 0.5) is 0 Å². The SMILES string of the molecule is CCOc1ccc([C@H](N)C(C)(C)C)cc1.Cl. The van der Waals surface area contributed by atoms with Crippen molar-refractivity contribution in [1.82, 2.24) is 0 Å². The second-order valence-electron chi connectivity index (χ2n) is 4.85. The smallest absolute Gasteiger partial charge is 0.119 e. The van der Waals surface area contributed by atoms with Gasteiger partial charge in [-0.3, -0.25) is 0 Å². The minimum absolute atomic E-state index is 0. The predicted octanol–water partition coefficient (Wildman–Crippen LogP) is 3.55. The average Bonchev–Trinajstić information content (AvgIpc) is 2.17. The van der Waals surface area contributed by atoms with Crippen LogP contribution in [0.1, 0.15) is 39.3 Å². The van der Waals surface area contributed by atoms with E-state index >= 15 is 0 Å². The highest BCUT2D eigenvalue weighted by Gasteiger charge is 2.21. The lowest BCUT2D eigenvalue weighted by Gasteiger charge is -2.27. The van der Waals surface area contributed by atoms with Gasteiger partial charge in [0.05, 0.1) is 6.61 Å². The summed E-state index contributed by atoms with van der Waals surface area (Å²) in [5, 5.41) is 0. The first-order valence-corrected chi connectivity index (χ1v) is 5.43. The maximum atomic E-state index is 6.16. The van der Waals surface area contributed by atoms with Crippen LogP contribution in [-0.4, -0.2) is 6.61 Å². The molecule has 16 heavy (non-hydrogen) atoms. The van der Waals surface area contributed by atoms with Crippen molar-refractivity contribution >= 4 is 12.4 Å². The van der Waals surface area contributed by atoms with Crippen molar-refractivity contribution in [2.24, 2.45) is 11.1 Å². The summed E-state index contributed by atoms with van der Waals surface area (Å²) >= 11 is 0. The molecule has 2 N–H and O–H groups in total. The first-order chi connectivity index (χ1) is 6.95. The number of hydrogen-bond donors (Lipinski definition) is 1. The van der Waals surface area contributed by atoms with Crippen LogP contribution >= 0.6 is 12.4 Å². The summed E-state index contributed by atoms with van der Waals surface area (Å²) in [6.45, 7) is 9.12. The van der Waals surface area contributed by atoms with Crippen molar-refractivity contribution in [3.63, 3.8) is 0 Å². The van der Waals surface area contributed by atoms with E-state index in [9.17, 15) is 0 Å². The van der Waals surface area contributed by atoms with E-state index in [1.165, 1.54) is 0 Å². The lowest BCUT2D eigenvalue weighted by Crippen LogP contribution is -2.26. The number of halogens is 1. The Morgan fingerprint density at radius 3 is 2.06 bits per heavy atom. The zero-order chi connectivity index (χ0) is 11.5. The number of rotatable bonds is 3. The normalized spacial score (nSPS) is 12.8. The number of hydrogen-bond acceptors (Lipinski definition) is 2. The van der Waals surface area contributed by atoms with E-state index in [1.807, 2.05) is 31.2 Å². The maximum Gasteiger partial charge on any atom is 0.119 e. The zero-order valence-electron chi connectivity index (χ0n) is 10.5. The van der Waals surface area contributed by atoms with Gasteiger partial charge in [-0.1, -0.05) is 32.9 Å². The average molecular weight is 244 g/mol. The lowest BCUT2D eigenvalue weighted by atomic mass is 9.83. The van der Waals surface area contributed by atoms with Gasteiger partial charge in [-0.15, -0.1) is 12.4 Å². The van der Waals surface area contributed by atoms with Crippen LogP contribution in [0.15, 0.2) is 24.3 Å². The molecule has 2 nitrogen and oxygen atoms in total. The summed E-state index contributed by atoms with van der Waals surface area (Å²) in [4.78, 5) is 0. The van der Waals surface area contributed by atoms with Crippen LogP contribution in [-0.2, 0) is 0 Å². The van der Waals surface area contributed by atoms with E-state index in [0.717, 1.165) is 11.3 Å². The molecular formula is C13H22ClNO. The van der Waals surface area contributed by atoms with Gasteiger partial charge >= 0.3 is 0 Å². The van der Waals surface area contributed by atoms with Gasteiger partial charge in [0.1, 0.15) is 5.75 Å². The summed E-state index contributed by atoms with van der Waals surface area (Å²) in [5.41, 5.74) is 7.40. The quantitative estimate of drug-likeness (QED) is 0.881. The molecule has 0 saturated heterocycles. The Morgan fingerprint density at radius 2 is 1.69 bits per heavy atom. The van der Waals surface area contributed by atoms with Crippen molar-refractivity contribution in [3.05, 3.63) is 29.8 Å². The molecule has 0 saturated carbocycles. The van der Waals surface area contributed by atoms with Gasteiger partial charge in [0.25, 0.3) is 0 Å². The number of ether oxygens (including phenoxy) is 1. The van der Waals surface area contributed by atoms with Gasteiger partial charge in [-0.25, -0.2) is 0 Å². The van der Waals surface area contributed by atoms with Gasteiger partial charge in [-0.2, -0.15) is 0 Å². The minimum atomic E-state index is 0. The molecule has 1 aromatic carbocycles. The van der Waals surface area contributed by atoms with E-state index in [0.29, 0.717) is 6.61 Å². The van der Waals surface area contributed by atoms with Crippen molar-refractivity contribution in [2.45, 2.75) is 33.7 Å². The summed E-state index contributed by atoms with van der Waals surface area (Å²) in [6, 6.07) is 8.10. The topological polar surface area (TPSA) is 35.2 Å².